The standard InChI is InChI=1S/C14H20O3/c1-3-17-13-7-5-4-6-12(13)14(15,10-16-2)11-8-9-11/h4-7,11,15H,3,8-10H2,1-2H3. The van der Waals surface area contributed by atoms with E-state index < -0.39 is 5.60 Å². The number of ether oxygens (including phenoxy) is 2. The molecule has 0 aromatic heterocycles. The van der Waals surface area contributed by atoms with Gasteiger partial charge >= 0.3 is 0 Å². The van der Waals surface area contributed by atoms with Crippen molar-refractivity contribution in [3.8, 4) is 5.75 Å². The zero-order valence-electron chi connectivity index (χ0n) is 10.5. The lowest BCUT2D eigenvalue weighted by Crippen LogP contribution is -2.34. The minimum atomic E-state index is -0.902. The lowest BCUT2D eigenvalue weighted by Gasteiger charge is -2.29. The van der Waals surface area contributed by atoms with E-state index in [2.05, 4.69) is 0 Å². The lowest BCUT2D eigenvalue weighted by molar-refractivity contribution is -0.0548. The van der Waals surface area contributed by atoms with Crippen molar-refractivity contribution in [1.82, 2.24) is 0 Å². The molecule has 1 aromatic rings. The first-order chi connectivity index (χ1) is 8.22. The van der Waals surface area contributed by atoms with Gasteiger partial charge in [-0.15, -0.1) is 0 Å². The Balaban J connectivity index is 2.34. The maximum absolute atomic E-state index is 10.8. The summed E-state index contributed by atoms with van der Waals surface area (Å²) in [5.74, 6) is 1.06. The molecule has 0 bridgehead atoms. The van der Waals surface area contributed by atoms with E-state index in [0.29, 0.717) is 19.1 Å². The molecule has 3 nitrogen and oxygen atoms in total. The second-order valence-corrected chi connectivity index (χ2v) is 4.56. The summed E-state index contributed by atoms with van der Waals surface area (Å²) in [6.07, 6.45) is 2.11. The Kier molecular flexibility index (Phi) is 3.69. The Labute approximate surface area is 102 Å². The number of rotatable bonds is 6. The minimum absolute atomic E-state index is 0.295. The molecular weight excluding hydrogens is 216 g/mol. The van der Waals surface area contributed by atoms with Crippen molar-refractivity contribution >= 4 is 0 Å². The molecule has 1 unspecified atom stereocenters. The first-order valence-corrected chi connectivity index (χ1v) is 6.16. The third-order valence-electron chi connectivity index (χ3n) is 3.27. The Morgan fingerprint density at radius 3 is 2.65 bits per heavy atom. The summed E-state index contributed by atoms with van der Waals surface area (Å²) in [6, 6.07) is 7.69. The Morgan fingerprint density at radius 1 is 1.35 bits per heavy atom. The Morgan fingerprint density at radius 2 is 2.06 bits per heavy atom. The fourth-order valence-electron chi connectivity index (χ4n) is 2.30. The second-order valence-electron chi connectivity index (χ2n) is 4.56. The fourth-order valence-corrected chi connectivity index (χ4v) is 2.30. The van der Waals surface area contributed by atoms with E-state index in [0.717, 1.165) is 24.2 Å². The number of benzene rings is 1. The summed E-state index contributed by atoms with van der Waals surface area (Å²) < 4.78 is 10.8. The molecule has 0 saturated heterocycles. The Hall–Kier alpha value is -1.06. The van der Waals surface area contributed by atoms with Crippen LogP contribution in [0.1, 0.15) is 25.3 Å². The highest BCUT2D eigenvalue weighted by Crippen LogP contribution is 2.48. The first kappa shape index (κ1) is 12.4. The molecule has 94 valence electrons. The monoisotopic (exact) mass is 236 g/mol. The van der Waals surface area contributed by atoms with Crippen LogP contribution in [0, 0.1) is 5.92 Å². The van der Waals surface area contributed by atoms with Gasteiger partial charge in [0.1, 0.15) is 11.4 Å². The van der Waals surface area contributed by atoms with E-state index in [1.165, 1.54) is 0 Å². The predicted octanol–water partition coefficient (Wildman–Crippen LogP) is 2.33. The van der Waals surface area contributed by atoms with Crippen LogP contribution in [0.3, 0.4) is 0 Å². The maximum atomic E-state index is 10.8. The molecule has 0 heterocycles. The first-order valence-electron chi connectivity index (χ1n) is 6.16. The molecule has 3 heteroatoms. The minimum Gasteiger partial charge on any atom is -0.493 e. The van der Waals surface area contributed by atoms with E-state index in [9.17, 15) is 5.11 Å². The van der Waals surface area contributed by atoms with Crippen LogP contribution in [0.25, 0.3) is 0 Å². The highest BCUT2D eigenvalue weighted by atomic mass is 16.5. The summed E-state index contributed by atoms with van der Waals surface area (Å²) in [5, 5.41) is 10.8. The molecule has 1 aromatic carbocycles. The van der Waals surface area contributed by atoms with Gasteiger partial charge in [-0.1, -0.05) is 18.2 Å². The number of aliphatic hydroxyl groups is 1. The fraction of sp³-hybridized carbons (Fsp3) is 0.571. The van der Waals surface area contributed by atoms with Gasteiger partial charge in [0.25, 0.3) is 0 Å². The third kappa shape index (κ3) is 2.45. The van der Waals surface area contributed by atoms with E-state index in [-0.39, 0.29) is 0 Å². The molecule has 2 rings (SSSR count). The molecule has 1 aliphatic carbocycles. The van der Waals surface area contributed by atoms with Gasteiger partial charge in [-0.2, -0.15) is 0 Å². The van der Waals surface area contributed by atoms with Crippen LogP contribution in [0.15, 0.2) is 24.3 Å². The van der Waals surface area contributed by atoms with Crippen LogP contribution in [-0.4, -0.2) is 25.4 Å². The van der Waals surface area contributed by atoms with Gasteiger partial charge in [-0.05, 0) is 31.7 Å². The SMILES string of the molecule is CCOc1ccccc1C(O)(COC)C1CC1. The summed E-state index contributed by atoms with van der Waals surface area (Å²) >= 11 is 0. The van der Waals surface area contributed by atoms with Crippen LogP contribution in [0.5, 0.6) is 5.75 Å². The van der Waals surface area contributed by atoms with Crippen molar-refractivity contribution in [3.63, 3.8) is 0 Å². The van der Waals surface area contributed by atoms with Gasteiger partial charge < -0.3 is 14.6 Å². The van der Waals surface area contributed by atoms with Gasteiger partial charge in [0, 0.05) is 12.7 Å². The molecular formula is C14H20O3. The summed E-state index contributed by atoms with van der Waals surface area (Å²) in [7, 11) is 1.62. The average molecular weight is 236 g/mol. The van der Waals surface area contributed by atoms with E-state index in [1.54, 1.807) is 7.11 Å². The summed E-state index contributed by atoms with van der Waals surface area (Å²) in [4.78, 5) is 0. The molecule has 1 aliphatic rings. The van der Waals surface area contributed by atoms with Crippen molar-refractivity contribution in [2.45, 2.75) is 25.4 Å². The number of hydrogen-bond acceptors (Lipinski definition) is 3. The highest BCUT2D eigenvalue weighted by molar-refractivity contribution is 5.39. The molecule has 17 heavy (non-hydrogen) atoms. The van der Waals surface area contributed by atoms with Gasteiger partial charge in [0.05, 0.1) is 13.2 Å². The number of hydrogen-bond donors (Lipinski definition) is 1. The van der Waals surface area contributed by atoms with Crippen molar-refractivity contribution < 1.29 is 14.6 Å². The smallest absolute Gasteiger partial charge is 0.125 e. The van der Waals surface area contributed by atoms with Crippen LogP contribution in [0.4, 0.5) is 0 Å². The second kappa shape index (κ2) is 5.07. The Bertz CT molecular complexity index is 373. The van der Waals surface area contributed by atoms with E-state index in [1.807, 2.05) is 31.2 Å². The molecule has 1 atom stereocenters. The lowest BCUT2D eigenvalue weighted by atomic mass is 9.89. The quantitative estimate of drug-likeness (QED) is 0.824. The van der Waals surface area contributed by atoms with E-state index in [4.69, 9.17) is 9.47 Å². The van der Waals surface area contributed by atoms with Gasteiger partial charge in [-0.3, -0.25) is 0 Å². The molecule has 0 radical (unpaired) electrons. The van der Waals surface area contributed by atoms with Crippen LogP contribution in [-0.2, 0) is 10.3 Å². The highest BCUT2D eigenvalue weighted by Gasteiger charge is 2.46. The van der Waals surface area contributed by atoms with Crippen molar-refractivity contribution in [2.75, 3.05) is 20.3 Å². The van der Waals surface area contributed by atoms with Crippen LogP contribution >= 0.6 is 0 Å². The van der Waals surface area contributed by atoms with Gasteiger partial charge in [0.15, 0.2) is 0 Å². The normalized spacial score (nSPS) is 18.8. The van der Waals surface area contributed by atoms with Crippen molar-refractivity contribution in [3.05, 3.63) is 29.8 Å². The predicted molar refractivity (Wildman–Crippen MR) is 66.1 cm³/mol. The molecule has 0 aliphatic heterocycles. The van der Waals surface area contributed by atoms with Crippen LogP contribution in [0.2, 0.25) is 0 Å². The molecule has 1 fully saturated rings. The summed E-state index contributed by atoms with van der Waals surface area (Å²) in [5.41, 5.74) is -0.0493. The van der Waals surface area contributed by atoms with Crippen LogP contribution < -0.4 is 4.74 Å². The van der Waals surface area contributed by atoms with Gasteiger partial charge in [0.2, 0.25) is 0 Å². The van der Waals surface area contributed by atoms with Crippen molar-refractivity contribution in [1.29, 1.82) is 0 Å². The molecule has 1 N–H and O–H groups in total. The number of para-hydroxylation sites is 1. The molecule has 1 saturated carbocycles. The maximum Gasteiger partial charge on any atom is 0.125 e. The third-order valence-corrected chi connectivity index (χ3v) is 3.27. The number of methoxy groups -OCH3 is 1. The van der Waals surface area contributed by atoms with E-state index >= 15 is 0 Å². The zero-order valence-corrected chi connectivity index (χ0v) is 10.5. The molecule has 0 spiro atoms. The zero-order chi connectivity index (χ0) is 12.3. The summed E-state index contributed by atoms with van der Waals surface area (Å²) in [6.45, 7) is 2.87. The van der Waals surface area contributed by atoms with Crippen molar-refractivity contribution in [2.24, 2.45) is 5.92 Å². The topological polar surface area (TPSA) is 38.7 Å². The van der Waals surface area contributed by atoms with Gasteiger partial charge in [-0.25, -0.2) is 0 Å². The molecule has 0 amide bonds. The largest absolute Gasteiger partial charge is 0.493 e. The average Bonchev–Trinajstić information content (AvgIpc) is 3.14.